The summed E-state index contributed by atoms with van der Waals surface area (Å²) < 4.78 is 26.2. The number of benzene rings is 1. The van der Waals surface area contributed by atoms with Crippen molar-refractivity contribution in [1.29, 1.82) is 0 Å². The predicted molar refractivity (Wildman–Crippen MR) is 76.4 cm³/mol. The second kappa shape index (κ2) is 5.65. The first-order valence-electron chi connectivity index (χ1n) is 7.48. The van der Waals surface area contributed by atoms with Gasteiger partial charge in [-0.25, -0.2) is 8.78 Å². The molecular formula is C17H21F2N. The smallest absolute Gasteiger partial charge is 0.126 e. The van der Waals surface area contributed by atoms with E-state index in [0.29, 0.717) is 18.4 Å². The molecule has 4 atom stereocenters. The molecule has 1 aromatic rings. The minimum Gasteiger partial charge on any atom is -0.314 e. The fraction of sp³-hybridized carbons (Fsp3) is 0.529. The topological polar surface area (TPSA) is 12.0 Å². The molecule has 1 N–H and O–H groups in total. The van der Waals surface area contributed by atoms with Crippen LogP contribution in [0.1, 0.15) is 25.3 Å². The van der Waals surface area contributed by atoms with E-state index in [-0.39, 0.29) is 0 Å². The lowest BCUT2D eigenvalue weighted by Gasteiger charge is -2.26. The number of hydrogen-bond acceptors (Lipinski definition) is 1. The van der Waals surface area contributed by atoms with Crippen molar-refractivity contribution in [3.05, 3.63) is 47.5 Å². The number of hydrogen-bond donors (Lipinski definition) is 1. The Morgan fingerprint density at radius 1 is 1.15 bits per heavy atom. The number of fused-ring (bicyclic) bond motifs is 2. The van der Waals surface area contributed by atoms with E-state index in [0.717, 1.165) is 30.0 Å². The van der Waals surface area contributed by atoms with Crippen LogP contribution in [0.3, 0.4) is 0 Å². The number of allylic oxidation sites excluding steroid dienone is 2. The third-order valence-electron chi connectivity index (χ3n) is 4.77. The van der Waals surface area contributed by atoms with E-state index < -0.39 is 11.6 Å². The number of halogens is 2. The fourth-order valence-corrected chi connectivity index (χ4v) is 3.75. The van der Waals surface area contributed by atoms with Crippen molar-refractivity contribution in [2.75, 3.05) is 6.54 Å². The van der Waals surface area contributed by atoms with Crippen LogP contribution in [0.2, 0.25) is 0 Å². The van der Waals surface area contributed by atoms with Gasteiger partial charge in [-0.15, -0.1) is 0 Å². The highest BCUT2D eigenvalue weighted by Gasteiger charge is 2.38. The molecule has 3 rings (SSSR count). The average molecular weight is 277 g/mol. The highest BCUT2D eigenvalue weighted by atomic mass is 19.1. The molecule has 0 spiro atoms. The minimum atomic E-state index is -0.494. The summed E-state index contributed by atoms with van der Waals surface area (Å²) in [6.45, 7) is 2.99. The zero-order chi connectivity index (χ0) is 14.1. The average Bonchev–Trinajstić information content (AvgIpc) is 2.99. The van der Waals surface area contributed by atoms with Gasteiger partial charge in [0, 0.05) is 12.1 Å². The van der Waals surface area contributed by atoms with Gasteiger partial charge in [0.2, 0.25) is 0 Å². The van der Waals surface area contributed by atoms with Gasteiger partial charge in [-0.3, -0.25) is 0 Å². The normalized spacial score (nSPS) is 29.1. The van der Waals surface area contributed by atoms with Gasteiger partial charge in [-0.05, 0) is 68.2 Å². The SMILES string of the molecule is CC(NCCc1cc(F)cc(F)c1)C1CC2C=CC1C2. The summed E-state index contributed by atoms with van der Waals surface area (Å²) in [5.74, 6) is 1.24. The zero-order valence-electron chi connectivity index (χ0n) is 11.8. The first kappa shape index (κ1) is 13.7. The van der Waals surface area contributed by atoms with Crippen molar-refractivity contribution >= 4 is 0 Å². The highest BCUT2D eigenvalue weighted by Crippen LogP contribution is 2.44. The number of nitrogens with one attached hydrogen (secondary N) is 1. The zero-order valence-corrected chi connectivity index (χ0v) is 11.8. The number of rotatable bonds is 5. The minimum absolute atomic E-state index is 0.466. The Morgan fingerprint density at radius 2 is 1.90 bits per heavy atom. The maximum absolute atomic E-state index is 13.1. The maximum Gasteiger partial charge on any atom is 0.126 e. The van der Waals surface area contributed by atoms with Crippen LogP contribution in [0.25, 0.3) is 0 Å². The van der Waals surface area contributed by atoms with Gasteiger partial charge in [0.1, 0.15) is 11.6 Å². The highest BCUT2D eigenvalue weighted by molar-refractivity contribution is 5.18. The van der Waals surface area contributed by atoms with Crippen LogP contribution in [0.5, 0.6) is 0 Å². The summed E-state index contributed by atoms with van der Waals surface area (Å²) in [4.78, 5) is 0. The third kappa shape index (κ3) is 2.93. The lowest BCUT2D eigenvalue weighted by molar-refractivity contribution is 0.329. The quantitative estimate of drug-likeness (QED) is 0.809. The largest absolute Gasteiger partial charge is 0.314 e. The van der Waals surface area contributed by atoms with Crippen molar-refractivity contribution in [3.8, 4) is 0 Å². The Balaban J connectivity index is 1.49. The first-order chi connectivity index (χ1) is 9.61. The van der Waals surface area contributed by atoms with Crippen LogP contribution in [-0.2, 0) is 6.42 Å². The van der Waals surface area contributed by atoms with Gasteiger partial charge < -0.3 is 5.32 Å². The molecule has 0 radical (unpaired) electrons. The summed E-state index contributed by atoms with van der Waals surface area (Å²) in [5.41, 5.74) is 0.718. The van der Waals surface area contributed by atoms with Crippen molar-refractivity contribution < 1.29 is 8.78 Å². The molecule has 1 nitrogen and oxygen atoms in total. The van der Waals surface area contributed by atoms with Gasteiger partial charge in [-0.1, -0.05) is 12.2 Å². The summed E-state index contributed by atoms with van der Waals surface area (Å²) in [5, 5.41) is 3.52. The monoisotopic (exact) mass is 277 g/mol. The standard InChI is InChI=1S/C17H21F2N/c1-11(17-9-12-2-3-14(17)6-12)20-5-4-13-7-15(18)10-16(19)8-13/h2-3,7-8,10-12,14,17,20H,4-6,9H2,1H3. The van der Waals surface area contributed by atoms with Crippen LogP contribution in [-0.4, -0.2) is 12.6 Å². The van der Waals surface area contributed by atoms with Crippen molar-refractivity contribution in [3.63, 3.8) is 0 Å². The summed E-state index contributed by atoms with van der Waals surface area (Å²) in [6.07, 6.45) is 7.97. The molecule has 1 aromatic carbocycles. The molecule has 108 valence electrons. The Labute approximate surface area is 119 Å². The molecule has 0 amide bonds. The molecule has 2 aliphatic carbocycles. The third-order valence-corrected chi connectivity index (χ3v) is 4.77. The molecule has 0 aromatic heterocycles. The van der Waals surface area contributed by atoms with Crippen LogP contribution in [0.4, 0.5) is 8.78 Å². The second-order valence-electron chi connectivity index (χ2n) is 6.21. The van der Waals surface area contributed by atoms with Crippen LogP contribution >= 0.6 is 0 Å². The molecule has 0 aliphatic heterocycles. The van der Waals surface area contributed by atoms with Crippen molar-refractivity contribution in [2.24, 2.45) is 17.8 Å². The van der Waals surface area contributed by atoms with E-state index in [9.17, 15) is 8.78 Å². The van der Waals surface area contributed by atoms with Gasteiger partial charge in [0.15, 0.2) is 0 Å². The molecule has 20 heavy (non-hydrogen) atoms. The van der Waals surface area contributed by atoms with Crippen LogP contribution in [0.15, 0.2) is 30.4 Å². The maximum atomic E-state index is 13.1. The van der Waals surface area contributed by atoms with Crippen molar-refractivity contribution in [2.45, 2.75) is 32.2 Å². The van der Waals surface area contributed by atoms with E-state index in [2.05, 4.69) is 24.4 Å². The summed E-state index contributed by atoms with van der Waals surface area (Å²) >= 11 is 0. The second-order valence-corrected chi connectivity index (χ2v) is 6.21. The van der Waals surface area contributed by atoms with Gasteiger partial charge in [0.05, 0.1) is 0 Å². The molecule has 3 heteroatoms. The van der Waals surface area contributed by atoms with Crippen LogP contribution < -0.4 is 5.32 Å². The van der Waals surface area contributed by atoms with Crippen molar-refractivity contribution in [1.82, 2.24) is 5.32 Å². The first-order valence-corrected chi connectivity index (χ1v) is 7.48. The summed E-state index contributed by atoms with van der Waals surface area (Å²) in [7, 11) is 0. The molecule has 1 fully saturated rings. The molecule has 0 saturated heterocycles. The van der Waals surface area contributed by atoms with Gasteiger partial charge in [0.25, 0.3) is 0 Å². The lowest BCUT2D eigenvalue weighted by Crippen LogP contribution is -2.36. The molecule has 4 unspecified atom stereocenters. The lowest BCUT2D eigenvalue weighted by atomic mass is 9.87. The van der Waals surface area contributed by atoms with E-state index >= 15 is 0 Å². The van der Waals surface area contributed by atoms with E-state index in [1.54, 1.807) is 0 Å². The van der Waals surface area contributed by atoms with Crippen LogP contribution in [0, 0.1) is 29.4 Å². The predicted octanol–water partition coefficient (Wildman–Crippen LogP) is 3.70. The Bertz CT molecular complexity index is 491. The Kier molecular flexibility index (Phi) is 3.88. The molecular weight excluding hydrogens is 256 g/mol. The van der Waals surface area contributed by atoms with E-state index in [1.807, 2.05) is 0 Å². The molecule has 0 heterocycles. The molecule has 1 saturated carbocycles. The Morgan fingerprint density at radius 3 is 2.50 bits per heavy atom. The fourth-order valence-electron chi connectivity index (χ4n) is 3.75. The van der Waals surface area contributed by atoms with Gasteiger partial charge in [-0.2, -0.15) is 0 Å². The Hall–Kier alpha value is -1.22. The van der Waals surface area contributed by atoms with E-state index in [1.165, 1.54) is 25.0 Å². The summed E-state index contributed by atoms with van der Waals surface area (Å²) in [6, 6.07) is 4.21. The van der Waals surface area contributed by atoms with Gasteiger partial charge >= 0.3 is 0 Å². The molecule has 2 aliphatic rings. The molecule has 2 bridgehead atoms. The van der Waals surface area contributed by atoms with E-state index in [4.69, 9.17) is 0 Å².